The number of aryl methyl sites for hydroxylation is 2. The highest BCUT2D eigenvalue weighted by Crippen LogP contribution is 2.38. The molecule has 0 bridgehead atoms. The Morgan fingerprint density at radius 2 is 1.72 bits per heavy atom. The molecule has 1 aliphatic rings. The molecule has 2 aromatic carbocycles. The first-order chi connectivity index (χ1) is 13.9. The topological polar surface area (TPSA) is 84.2 Å². The number of rotatable bonds is 5. The van der Waals surface area contributed by atoms with Gasteiger partial charge in [-0.05, 0) is 62.6 Å². The number of nitrogens with one attached hydrogen (secondary N) is 2. The molecule has 2 N–H and O–H groups in total. The van der Waals surface area contributed by atoms with Crippen LogP contribution in [0.1, 0.15) is 35.2 Å². The molecule has 1 aromatic heterocycles. The largest absolute Gasteiger partial charge is 0.441 e. The zero-order valence-corrected chi connectivity index (χ0v) is 16.7. The molecule has 148 valence electrons. The van der Waals surface area contributed by atoms with Gasteiger partial charge >= 0.3 is 0 Å². The fraction of sp³-hybridized carbons (Fsp3) is 0.261. The molecule has 1 heterocycles. The monoisotopic (exact) mass is 389 g/mol. The van der Waals surface area contributed by atoms with E-state index in [-0.39, 0.29) is 17.7 Å². The van der Waals surface area contributed by atoms with Gasteiger partial charge in [-0.15, -0.1) is 0 Å². The standard InChI is InChI=1S/C23H23N3O3/c1-13-10-20(13)22(28)26-18-8-4-6-16(11-18)21(27)25-19-9-5-7-17(12-19)23-24-14(2)15(3)29-23/h4-9,11-13,20H,10H2,1-3H3,(H,25,27)(H,26,28). The number of aromatic nitrogens is 1. The summed E-state index contributed by atoms with van der Waals surface area (Å²) in [5.74, 6) is 1.57. The number of anilines is 2. The van der Waals surface area contributed by atoms with Crippen molar-refractivity contribution in [2.75, 3.05) is 10.6 Å². The smallest absolute Gasteiger partial charge is 0.255 e. The van der Waals surface area contributed by atoms with Crippen molar-refractivity contribution in [2.24, 2.45) is 11.8 Å². The maximum atomic E-state index is 12.7. The van der Waals surface area contributed by atoms with Gasteiger partial charge in [0, 0.05) is 28.4 Å². The Morgan fingerprint density at radius 1 is 1.03 bits per heavy atom. The fourth-order valence-corrected chi connectivity index (χ4v) is 3.19. The van der Waals surface area contributed by atoms with Gasteiger partial charge in [-0.25, -0.2) is 4.98 Å². The lowest BCUT2D eigenvalue weighted by Gasteiger charge is -2.09. The summed E-state index contributed by atoms with van der Waals surface area (Å²) in [5, 5.41) is 5.78. The molecule has 6 nitrogen and oxygen atoms in total. The van der Waals surface area contributed by atoms with Crippen LogP contribution < -0.4 is 10.6 Å². The molecule has 6 heteroatoms. The lowest BCUT2D eigenvalue weighted by atomic mass is 10.1. The number of hydrogen-bond donors (Lipinski definition) is 2. The molecular formula is C23H23N3O3. The Morgan fingerprint density at radius 3 is 2.38 bits per heavy atom. The Balaban J connectivity index is 1.47. The number of benzene rings is 2. The summed E-state index contributed by atoms with van der Waals surface area (Å²) in [6, 6.07) is 14.3. The van der Waals surface area contributed by atoms with Gasteiger partial charge in [0.25, 0.3) is 5.91 Å². The van der Waals surface area contributed by atoms with Crippen molar-refractivity contribution < 1.29 is 14.0 Å². The number of carbonyl (C=O) groups is 2. The molecule has 1 saturated carbocycles. The summed E-state index contributed by atoms with van der Waals surface area (Å²) >= 11 is 0. The molecular weight excluding hydrogens is 366 g/mol. The molecule has 3 aromatic rings. The summed E-state index contributed by atoms with van der Waals surface area (Å²) in [7, 11) is 0. The van der Waals surface area contributed by atoms with Gasteiger partial charge in [0.2, 0.25) is 11.8 Å². The van der Waals surface area contributed by atoms with Crippen LogP contribution in [0.3, 0.4) is 0 Å². The number of amides is 2. The molecule has 29 heavy (non-hydrogen) atoms. The second kappa shape index (κ2) is 7.54. The predicted molar refractivity (Wildman–Crippen MR) is 112 cm³/mol. The third-order valence-corrected chi connectivity index (χ3v) is 5.23. The maximum Gasteiger partial charge on any atom is 0.255 e. The van der Waals surface area contributed by atoms with Gasteiger partial charge in [-0.1, -0.05) is 19.1 Å². The minimum Gasteiger partial charge on any atom is -0.441 e. The van der Waals surface area contributed by atoms with Crippen molar-refractivity contribution in [1.82, 2.24) is 4.98 Å². The van der Waals surface area contributed by atoms with Crippen molar-refractivity contribution in [3.05, 3.63) is 65.5 Å². The third kappa shape index (κ3) is 4.21. The summed E-state index contributed by atoms with van der Waals surface area (Å²) in [5.41, 5.74) is 3.37. The van der Waals surface area contributed by atoms with E-state index in [0.29, 0.717) is 28.7 Å². The zero-order chi connectivity index (χ0) is 20.5. The summed E-state index contributed by atoms with van der Waals surface area (Å²) in [6.45, 7) is 5.82. The van der Waals surface area contributed by atoms with E-state index in [4.69, 9.17) is 4.42 Å². The molecule has 1 fully saturated rings. The molecule has 0 radical (unpaired) electrons. The highest BCUT2D eigenvalue weighted by Gasteiger charge is 2.39. The van der Waals surface area contributed by atoms with Crippen molar-refractivity contribution in [3.63, 3.8) is 0 Å². The SMILES string of the molecule is Cc1nc(-c2cccc(NC(=O)c3cccc(NC(=O)C4CC4C)c3)c2)oc1C. The average Bonchev–Trinajstić information content (AvgIpc) is 3.35. The van der Waals surface area contributed by atoms with Gasteiger partial charge in [0.1, 0.15) is 5.76 Å². The average molecular weight is 389 g/mol. The van der Waals surface area contributed by atoms with Crippen LogP contribution in [0, 0.1) is 25.7 Å². The van der Waals surface area contributed by atoms with Crippen molar-refractivity contribution in [3.8, 4) is 11.5 Å². The highest BCUT2D eigenvalue weighted by atomic mass is 16.4. The van der Waals surface area contributed by atoms with Crippen LogP contribution in [-0.2, 0) is 4.79 Å². The van der Waals surface area contributed by atoms with E-state index in [1.807, 2.05) is 38.1 Å². The van der Waals surface area contributed by atoms with E-state index >= 15 is 0 Å². The molecule has 2 atom stereocenters. The van der Waals surface area contributed by atoms with Crippen LogP contribution in [0.15, 0.2) is 52.9 Å². The van der Waals surface area contributed by atoms with E-state index in [0.717, 1.165) is 23.4 Å². The minimum absolute atomic E-state index is 0.0132. The van der Waals surface area contributed by atoms with Gasteiger partial charge in [-0.2, -0.15) is 0 Å². The first-order valence-corrected chi connectivity index (χ1v) is 9.67. The van der Waals surface area contributed by atoms with Gasteiger partial charge in [0.05, 0.1) is 5.69 Å². The first kappa shape index (κ1) is 18.9. The van der Waals surface area contributed by atoms with Crippen LogP contribution in [0.25, 0.3) is 11.5 Å². The van der Waals surface area contributed by atoms with Crippen LogP contribution in [0.2, 0.25) is 0 Å². The fourth-order valence-electron chi connectivity index (χ4n) is 3.19. The number of carbonyl (C=O) groups excluding carboxylic acids is 2. The highest BCUT2D eigenvalue weighted by molar-refractivity contribution is 6.05. The number of hydrogen-bond acceptors (Lipinski definition) is 4. The van der Waals surface area contributed by atoms with Gasteiger partial charge < -0.3 is 15.1 Å². The number of oxazole rings is 1. The van der Waals surface area contributed by atoms with E-state index < -0.39 is 0 Å². The molecule has 0 aliphatic heterocycles. The Hall–Kier alpha value is -3.41. The Bertz CT molecular complexity index is 1070. The molecule has 2 unspecified atom stereocenters. The predicted octanol–water partition coefficient (Wildman–Crippen LogP) is 4.81. The lowest BCUT2D eigenvalue weighted by molar-refractivity contribution is -0.117. The van der Waals surface area contributed by atoms with Gasteiger partial charge in [0.15, 0.2) is 0 Å². The second-order valence-corrected chi connectivity index (χ2v) is 7.59. The quantitative estimate of drug-likeness (QED) is 0.656. The zero-order valence-electron chi connectivity index (χ0n) is 16.7. The van der Waals surface area contributed by atoms with Crippen LogP contribution in [0.4, 0.5) is 11.4 Å². The van der Waals surface area contributed by atoms with E-state index in [2.05, 4.69) is 22.5 Å². The van der Waals surface area contributed by atoms with Crippen molar-refractivity contribution >= 4 is 23.2 Å². The van der Waals surface area contributed by atoms with Crippen LogP contribution in [-0.4, -0.2) is 16.8 Å². The molecule has 2 amide bonds. The second-order valence-electron chi connectivity index (χ2n) is 7.59. The van der Waals surface area contributed by atoms with Crippen molar-refractivity contribution in [1.29, 1.82) is 0 Å². The van der Waals surface area contributed by atoms with Crippen molar-refractivity contribution in [2.45, 2.75) is 27.2 Å². The van der Waals surface area contributed by atoms with Crippen LogP contribution >= 0.6 is 0 Å². The summed E-state index contributed by atoms with van der Waals surface area (Å²) in [4.78, 5) is 29.2. The molecule has 0 spiro atoms. The molecule has 4 rings (SSSR count). The Labute approximate surface area is 169 Å². The first-order valence-electron chi connectivity index (χ1n) is 9.67. The third-order valence-electron chi connectivity index (χ3n) is 5.23. The molecule has 1 aliphatic carbocycles. The van der Waals surface area contributed by atoms with Crippen LogP contribution in [0.5, 0.6) is 0 Å². The van der Waals surface area contributed by atoms with Gasteiger partial charge in [-0.3, -0.25) is 9.59 Å². The molecule has 0 saturated heterocycles. The maximum absolute atomic E-state index is 12.7. The van der Waals surface area contributed by atoms with E-state index in [1.165, 1.54) is 0 Å². The summed E-state index contributed by atoms with van der Waals surface area (Å²) in [6.07, 6.45) is 0.923. The van der Waals surface area contributed by atoms with E-state index in [9.17, 15) is 9.59 Å². The Kier molecular flexibility index (Phi) is 4.92. The lowest BCUT2D eigenvalue weighted by Crippen LogP contribution is -2.16. The van der Waals surface area contributed by atoms with E-state index in [1.54, 1.807) is 24.3 Å². The normalized spacial score (nSPS) is 17.6. The minimum atomic E-state index is -0.252. The number of nitrogens with zero attached hydrogens (tertiary/aromatic N) is 1. The summed E-state index contributed by atoms with van der Waals surface area (Å²) < 4.78 is 5.67.